The largest absolute Gasteiger partial charge is 0.478 e. The number of methoxy groups -OCH3 is 6. The lowest BCUT2D eigenvalue weighted by Crippen LogP contribution is -2.35. The average Bonchev–Trinajstić information content (AvgIpc) is 0.761. The lowest BCUT2D eigenvalue weighted by atomic mass is 9.98. The summed E-state index contributed by atoms with van der Waals surface area (Å²) in [6.07, 6.45) is 0. The lowest BCUT2D eigenvalue weighted by molar-refractivity contribution is 0.0581. The summed E-state index contributed by atoms with van der Waals surface area (Å²) in [5.74, 6) is -6.06. The number of amides is 4. The monoisotopic (exact) mass is 1850 g/mol. The predicted octanol–water partition coefficient (Wildman–Crippen LogP) is 16.9. The van der Waals surface area contributed by atoms with Crippen LogP contribution in [-0.2, 0) is 28.4 Å². The average molecular weight is 1850 g/mol. The molecule has 0 spiro atoms. The van der Waals surface area contributed by atoms with Crippen molar-refractivity contribution >= 4 is 87.3 Å². The van der Waals surface area contributed by atoms with Gasteiger partial charge in [-0.3, -0.25) is 19.2 Å². The summed E-state index contributed by atoms with van der Waals surface area (Å²) in [7, 11) is 9.50. The van der Waals surface area contributed by atoms with E-state index in [1.165, 1.54) is 73.0 Å². The van der Waals surface area contributed by atoms with Gasteiger partial charge in [0.25, 0.3) is 23.6 Å². The number of aliphatic hydroxyl groups is 3. The Morgan fingerprint density at radius 3 is 0.679 bits per heavy atom. The normalized spacial score (nSPS) is 11.0. The van der Waals surface area contributed by atoms with E-state index in [1.54, 1.807) is 106 Å². The molecule has 8 N–H and O–H groups in total. The van der Waals surface area contributed by atoms with Crippen molar-refractivity contribution < 1.29 is 111 Å². The Labute approximate surface area is 769 Å². The Morgan fingerprint density at radius 2 is 0.466 bits per heavy atom. The van der Waals surface area contributed by atoms with Gasteiger partial charge in [0, 0.05) is 58.4 Å². The van der Waals surface area contributed by atoms with Gasteiger partial charge in [-0.25, -0.2) is 38.4 Å². The molecule has 11 aromatic carbocycles. The van der Waals surface area contributed by atoms with Crippen LogP contribution in [0, 0.1) is 40.5 Å². The highest BCUT2D eigenvalue weighted by molar-refractivity contribution is 9.10. The first-order valence-corrected chi connectivity index (χ1v) is 41.9. The molecule has 0 fully saturated rings. The van der Waals surface area contributed by atoms with E-state index in [0.717, 1.165) is 72.3 Å². The first kappa shape index (κ1) is 105. The van der Waals surface area contributed by atoms with Crippen molar-refractivity contribution in [2.75, 3.05) is 76.1 Å². The van der Waals surface area contributed by atoms with Crippen molar-refractivity contribution in [1.29, 1.82) is 0 Å². The summed E-state index contributed by atoms with van der Waals surface area (Å²) in [6.45, 7) is 19.3. The van der Waals surface area contributed by atoms with Gasteiger partial charge in [-0.1, -0.05) is 179 Å². The number of rotatable bonds is 25. The SMILES string of the molecule is COC(=O)c1cc(Br)cc(C(=O)OC)c1.COC(=O)c1cc(C(=O)N[C@@H](C)CO)cc(-c2ccc(C)cc2)c1.COC(=O)c1cc(C(=O)O)cc(-c2ccc(C)cc2)c1.COC(=O)c1cc(C(=O)OC)cc(-c2ccc(C)cc2)c1.Cc1ccc(-c2cc(C(=O)N[C@@H](C)CO)cc(C(=O)N(C)CC(C)C)c2)cc1.Cc1ccc(-c2cc(C(=O)O)cc(C(=O)N[C@@H](C)CO)c2)cc1. The summed E-state index contributed by atoms with van der Waals surface area (Å²) >= 11 is 3.19. The predicted molar refractivity (Wildman–Crippen MR) is 503 cm³/mol. The van der Waals surface area contributed by atoms with E-state index in [2.05, 4.69) is 59.9 Å². The summed E-state index contributed by atoms with van der Waals surface area (Å²) in [5, 5.41) is 53.7. The number of esters is 6. The summed E-state index contributed by atoms with van der Waals surface area (Å²) in [4.78, 5) is 144. The molecule has 27 nitrogen and oxygen atoms in total. The number of hydrogen-bond donors (Lipinski definition) is 8. The van der Waals surface area contributed by atoms with E-state index in [1.807, 2.05) is 162 Å². The van der Waals surface area contributed by atoms with Crippen LogP contribution in [0.2, 0.25) is 0 Å². The fourth-order valence-corrected chi connectivity index (χ4v) is 12.9. The van der Waals surface area contributed by atoms with Crippen molar-refractivity contribution in [2.24, 2.45) is 5.92 Å². The minimum Gasteiger partial charge on any atom is -0.478 e. The van der Waals surface area contributed by atoms with Crippen molar-refractivity contribution in [3.8, 4) is 55.6 Å². The number of nitrogens with one attached hydrogen (secondary N) is 3. The fourth-order valence-electron chi connectivity index (χ4n) is 12.4. The van der Waals surface area contributed by atoms with E-state index in [-0.39, 0.29) is 71.9 Å². The smallest absolute Gasteiger partial charge is 0.337 e. The molecule has 11 aromatic rings. The van der Waals surface area contributed by atoms with Gasteiger partial charge in [-0.15, -0.1) is 0 Å². The van der Waals surface area contributed by atoms with E-state index in [9.17, 15) is 67.7 Å². The van der Waals surface area contributed by atoms with Crippen LogP contribution in [0.3, 0.4) is 0 Å². The number of aromatic carboxylic acids is 2. The second kappa shape index (κ2) is 51.4. The molecule has 0 aromatic heterocycles. The number of ether oxygens (including phenoxy) is 6. The Balaban J connectivity index is 0.000000244. The van der Waals surface area contributed by atoms with Gasteiger partial charge in [0.05, 0.1) is 107 Å². The molecule has 3 atom stereocenters. The molecule has 0 radical (unpaired) electrons. The minimum absolute atomic E-state index is 0.0462. The van der Waals surface area contributed by atoms with Gasteiger partial charge in [0.2, 0.25) is 0 Å². The highest BCUT2D eigenvalue weighted by Crippen LogP contribution is 2.31. The molecular formula is C103H109BrN4O23. The number of carbonyl (C=O) groups excluding carboxylic acids is 10. The maximum absolute atomic E-state index is 12.9. The third-order valence-electron chi connectivity index (χ3n) is 19.5. The number of benzene rings is 11. The Hall–Kier alpha value is -14.6. The summed E-state index contributed by atoms with van der Waals surface area (Å²) < 4.78 is 28.6. The first-order chi connectivity index (χ1) is 62.2. The molecule has 0 aliphatic heterocycles. The molecule has 686 valence electrons. The molecule has 0 unspecified atom stereocenters. The van der Waals surface area contributed by atoms with Crippen LogP contribution in [0.4, 0.5) is 0 Å². The number of carbonyl (C=O) groups is 12. The van der Waals surface area contributed by atoms with Crippen LogP contribution < -0.4 is 16.0 Å². The van der Waals surface area contributed by atoms with Gasteiger partial charge < -0.3 is 74.8 Å². The lowest BCUT2D eigenvalue weighted by Gasteiger charge is -2.20. The van der Waals surface area contributed by atoms with Crippen molar-refractivity contribution in [1.82, 2.24) is 20.9 Å². The number of carboxylic acid groups (broad SMARTS) is 2. The molecule has 0 saturated carbocycles. The van der Waals surface area contributed by atoms with Gasteiger partial charge in [0.15, 0.2) is 0 Å². The molecule has 28 heteroatoms. The third kappa shape index (κ3) is 32.6. The van der Waals surface area contributed by atoms with E-state index in [0.29, 0.717) is 72.6 Å². The number of halogens is 1. The first-order valence-electron chi connectivity index (χ1n) is 41.1. The Kier molecular flexibility index (Phi) is 41.3. The molecule has 0 bridgehead atoms. The fraction of sp³-hybridized carbons (Fsp3) is 0.243. The topological polar surface area (TPSA) is 401 Å². The van der Waals surface area contributed by atoms with Gasteiger partial charge in [-0.05, 0) is 226 Å². The van der Waals surface area contributed by atoms with Crippen molar-refractivity contribution in [3.63, 3.8) is 0 Å². The molecule has 0 aliphatic rings. The van der Waals surface area contributed by atoms with Gasteiger partial charge in [-0.2, -0.15) is 0 Å². The number of nitrogens with zero attached hydrogens (tertiary/aromatic N) is 1. The third-order valence-corrected chi connectivity index (χ3v) is 19.9. The number of carboxylic acids is 2. The van der Waals surface area contributed by atoms with Crippen LogP contribution in [0.15, 0.2) is 235 Å². The van der Waals surface area contributed by atoms with Gasteiger partial charge in [0.1, 0.15) is 0 Å². The maximum atomic E-state index is 12.9. The zero-order valence-electron chi connectivity index (χ0n) is 76.0. The highest BCUT2D eigenvalue weighted by Gasteiger charge is 2.23. The second-order valence-corrected chi connectivity index (χ2v) is 31.8. The molecule has 0 aliphatic carbocycles. The van der Waals surface area contributed by atoms with Crippen molar-refractivity contribution in [3.05, 3.63) is 330 Å². The number of aryl methyl sites for hydroxylation is 5. The summed E-state index contributed by atoms with van der Waals surface area (Å²) in [6, 6.07) is 66.3. The molecule has 0 saturated heterocycles. The Morgan fingerprint density at radius 1 is 0.282 bits per heavy atom. The second-order valence-electron chi connectivity index (χ2n) is 30.9. The molecule has 11 rings (SSSR count). The zero-order chi connectivity index (χ0) is 97.0. The van der Waals surface area contributed by atoms with Gasteiger partial charge >= 0.3 is 47.8 Å². The van der Waals surface area contributed by atoms with Crippen molar-refractivity contribution in [2.45, 2.75) is 87.4 Å². The van der Waals surface area contributed by atoms with E-state index >= 15 is 0 Å². The van der Waals surface area contributed by atoms with E-state index in [4.69, 9.17) is 29.5 Å². The number of hydrogen-bond acceptors (Lipinski definition) is 21. The highest BCUT2D eigenvalue weighted by atomic mass is 79.9. The molecule has 4 amide bonds. The van der Waals surface area contributed by atoms with Crippen LogP contribution >= 0.6 is 15.9 Å². The zero-order valence-corrected chi connectivity index (χ0v) is 77.6. The molecule has 0 heterocycles. The minimum atomic E-state index is -1.09. The van der Waals surface area contributed by atoms with E-state index < -0.39 is 59.7 Å². The quantitative estimate of drug-likeness (QED) is 0.0195. The van der Waals surface area contributed by atoms with Crippen LogP contribution in [0.5, 0.6) is 0 Å². The maximum Gasteiger partial charge on any atom is 0.337 e. The van der Waals surface area contributed by atoms with Crippen LogP contribution in [0.25, 0.3) is 55.6 Å². The Bertz CT molecular complexity index is 5790. The summed E-state index contributed by atoms with van der Waals surface area (Å²) in [5.41, 5.74) is 17.0. The number of aliphatic hydroxyl groups excluding tert-OH is 3. The molecule has 131 heavy (non-hydrogen) atoms. The molecular weight excluding hydrogens is 1740 g/mol. The van der Waals surface area contributed by atoms with Crippen LogP contribution in [0.1, 0.15) is 187 Å². The van der Waals surface area contributed by atoms with Crippen LogP contribution in [-0.4, -0.2) is 196 Å². The standard InChI is InChI=1S/C23H30N2O3.C19H21NO4.C18H19NO4.C17H16O4.C16H14O4.C10H9BrO4/c1-15(2)13-25(5)23(28)21-11-19(18-8-6-16(3)7-9-18)10-20(12-21)22(27)24-17(4)14-26;1-12-4-6-14(7-5-12)15-8-16(18(22)20-13(2)11-21)10-17(9-15)19(23)24-3;1-11-3-5-13(6-4-11)14-7-15(9-16(8-14)18(22)23)17(21)19-12(2)10-20;1-11-4-6-12(7-5-11)13-8-14(16(18)20-2)10-15(9-13)17(19)21-3;1-10-3-5-11(6-4-10)12-7-13(15(17)18)9-14(8-12)16(19)20-2;1-14-9(12)6-3-7(10(13)15-2)5-8(11)4-6/h6-12,15,17,26H,13-14H2,1-5H3,(H,24,27);4-10,13,21H,11H2,1-3H3,(H,20,22);3-9,12,20H,10H2,1-2H3,(H,19,21)(H,22,23);4-10H,1-3H3;3-9H,1-2H3,(H,17,18);3-5H,1-2H3/t17-;13-;12-;;;/m000.../s1.